The summed E-state index contributed by atoms with van der Waals surface area (Å²) < 4.78 is 24.4. The van der Waals surface area contributed by atoms with Crippen LogP contribution >= 0.6 is 0 Å². The van der Waals surface area contributed by atoms with Gasteiger partial charge in [-0.15, -0.1) is 0 Å². The van der Waals surface area contributed by atoms with Crippen molar-refractivity contribution in [3.8, 4) is 0 Å². The maximum atomic E-state index is 12.2. The minimum absolute atomic E-state index is 0.521. The van der Waals surface area contributed by atoms with Crippen molar-refractivity contribution in [2.75, 3.05) is 0 Å². The van der Waals surface area contributed by atoms with Crippen molar-refractivity contribution in [1.82, 2.24) is 0 Å². The third kappa shape index (κ3) is 7.44. The first kappa shape index (κ1) is 12.1. The van der Waals surface area contributed by atoms with Gasteiger partial charge in [-0.25, -0.2) is 8.78 Å². The first-order chi connectivity index (χ1) is 5.91. The summed E-state index contributed by atoms with van der Waals surface area (Å²) in [7, 11) is 0. The Morgan fingerprint density at radius 2 is 1.23 bits per heavy atom. The molecular formula is C11H16F2. The fourth-order valence-electron chi connectivity index (χ4n) is 0.692. The molecule has 0 unspecified atom stereocenters. The molecule has 0 atom stereocenters. The summed E-state index contributed by atoms with van der Waals surface area (Å²) in [6.45, 7) is 8.14. The lowest BCUT2D eigenvalue weighted by Gasteiger charge is -1.91. The lowest BCUT2D eigenvalue weighted by atomic mass is 10.2. The second kappa shape index (κ2) is 5.68. The van der Waals surface area contributed by atoms with Crippen LogP contribution in [0.2, 0.25) is 0 Å². The van der Waals surface area contributed by atoms with E-state index in [-0.39, 0.29) is 0 Å². The van der Waals surface area contributed by atoms with Crippen molar-refractivity contribution >= 4 is 0 Å². The zero-order valence-corrected chi connectivity index (χ0v) is 8.57. The van der Waals surface area contributed by atoms with Crippen molar-refractivity contribution in [2.45, 2.75) is 27.7 Å². The molecule has 13 heavy (non-hydrogen) atoms. The van der Waals surface area contributed by atoms with Crippen LogP contribution in [0.1, 0.15) is 26.3 Å². The zero-order valence-electron chi connectivity index (χ0n) is 8.57. The normalized spacial score (nSPS) is 9.46. The van der Waals surface area contributed by atoms with Crippen LogP contribution in [-0.2, 0) is 0 Å². The van der Waals surface area contributed by atoms with E-state index in [1.807, 2.05) is 0 Å². The van der Waals surface area contributed by atoms with Crippen molar-refractivity contribution in [1.29, 1.82) is 0 Å². The molecule has 0 nitrogen and oxygen atoms in total. The molecule has 0 spiro atoms. The van der Waals surface area contributed by atoms with E-state index in [1.54, 1.807) is 6.92 Å². The molecule has 1 rings (SSSR count). The Hall–Kier alpha value is -0.920. The summed E-state index contributed by atoms with van der Waals surface area (Å²) in [4.78, 5) is 0. The van der Waals surface area contributed by atoms with Crippen LogP contribution in [0.3, 0.4) is 0 Å². The number of halogens is 2. The van der Waals surface area contributed by atoms with Crippen LogP contribution in [-0.4, -0.2) is 0 Å². The average molecular weight is 186 g/mol. The van der Waals surface area contributed by atoms with Crippen LogP contribution < -0.4 is 0 Å². The first-order valence-electron chi connectivity index (χ1n) is 4.34. The molecular weight excluding hydrogens is 170 g/mol. The third-order valence-electron chi connectivity index (χ3n) is 1.01. The van der Waals surface area contributed by atoms with Gasteiger partial charge in [0.1, 0.15) is 11.6 Å². The van der Waals surface area contributed by atoms with E-state index in [9.17, 15) is 8.78 Å². The highest BCUT2D eigenvalue weighted by molar-refractivity contribution is 5.15. The van der Waals surface area contributed by atoms with Gasteiger partial charge in [-0.2, -0.15) is 0 Å². The Labute approximate surface area is 78.6 Å². The molecule has 74 valence electrons. The molecule has 2 heteroatoms. The van der Waals surface area contributed by atoms with E-state index in [0.717, 1.165) is 12.0 Å². The molecule has 0 amide bonds. The quantitative estimate of drug-likeness (QED) is 0.575. The molecule has 0 heterocycles. The molecule has 0 aliphatic rings. The third-order valence-corrected chi connectivity index (χ3v) is 1.01. The number of hydrogen-bond donors (Lipinski definition) is 0. The maximum Gasteiger partial charge on any atom is 0.126 e. The lowest BCUT2D eigenvalue weighted by Crippen LogP contribution is -1.80. The van der Waals surface area contributed by atoms with Gasteiger partial charge >= 0.3 is 0 Å². The Morgan fingerprint density at radius 3 is 1.46 bits per heavy atom. The molecule has 1 aromatic rings. The highest BCUT2D eigenvalue weighted by atomic mass is 19.1. The first-order valence-corrected chi connectivity index (χ1v) is 4.34. The number of benzene rings is 1. The summed E-state index contributed by atoms with van der Waals surface area (Å²) >= 11 is 0. The van der Waals surface area contributed by atoms with Crippen LogP contribution in [0.25, 0.3) is 0 Å². The van der Waals surface area contributed by atoms with E-state index in [2.05, 4.69) is 20.8 Å². The fraction of sp³-hybridized carbons (Fsp3) is 0.455. The van der Waals surface area contributed by atoms with Crippen LogP contribution in [0, 0.1) is 24.5 Å². The molecule has 0 fully saturated rings. The molecule has 0 saturated carbocycles. The highest BCUT2D eigenvalue weighted by Gasteiger charge is 1.93. The monoisotopic (exact) mass is 186 g/mol. The van der Waals surface area contributed by atoms with E-state index in [0.29, 0.717) is 5.56 Å². The van der Waals surface area contributed by atoms with Crippen molar-refractivity contribution in [2.24, 2.45) is 5.92 Å². The molecule has 0 N–H and O–H groups in total. The van der Waals surface area contributed by atoms with E-state index in [4.69, 9.17) is 0 Å². The summed E-state index contributed by atoms with van der Waals surface area (Å²) in [5.41, 5.74) is 0.604. The van der Waals surface area contributed by atoms with Gasteiger partial charge in [0.25, 0.3) is 0 Å². The molecule has 0 saturated heterocycles. The second-order valence-electron chi connectivity index (χ2n) is 3.68. The number of rotatable bonds is 0. The van der Waals surface area contributed by atoms with Gasteiger partial charge in [0.05, 0.1) is 0 Å². The molecule has 0 bridgehead atoms. The molecule has 0 radical (unpaired) electrons. The SMILES string of the molecule is CC(C)C.Cc1cc(F)cc(F)c1. The molecule has 0 aromatic heterocycles. The largest absolute Gasteiger partial charge is 0.207 e. The topological polar surface area (TPSA) is 0 Å². The van der Waals surface area contributed by atoms with Gasteiger partial charge in [-0.3, -0.25) is 0 Å². The van der Waals surface area contributed by atoms with Gasteiger partial charge in [0, 0.05) is 6.07 Å². The van der Waals surface area contributed by atoms with Gasteiger partial charge in [-0.1, -0.05) is 20.8 Å². The van der Waals surface area contributed by atoms with Gasteiger partial charge in [-0.05, 0) is 30.5 Å². The summed E-state index contributed by atoms with van der Waals surface area (Å²) in [5, 5.41) is 0. The molecule has 0 aliphatic carbocycles. The van der Waals surface area contributed by atoms with Gasteiger partial charge < -0.3 is 0 Å². The van der Waals surface area contributed by atoms with Gasteiger partial charge in [0.2, 0.25) is 0 Å². The molecule has 1 aromatic carbocycles. The van der Waals surface area contributed by atoms with Crippen LogP contribution in [0.15, 0.2) is 18.2 Å². The zero-order chi connectivity index (χ0) is 10.4. The Bertz CT molecular complexity index is 201. The second-order valence-corrected chi connectivity index (χ2v) is 3.68. The minimum Gasteiger partial charge on any atom is -0.207 e. The smallest absolute Gasteiger partial charge is 0.126 e. The fourth-order valence-corrected chi connectivity index (χ4v) is 0.692. The Kier molecular flexibility index (Phi) is 5.28. The highest BCUT2D eigenvalue weighted by Crippen LogP contribution is 2.05. The Balaban J connectivity index is 0.000000310. The predicted octanol–water partition coefficient (Wildman–Crippen LogP) is 3.94. The van der Waals surface area contributed by atoms with E-state index >= 15 is 0 Å². The van der Waals surface area contributed by atoms with Crippen molar-refractivity contribution in [3.63, 3.8) is 0 Å². The van der Waals surface area contributed by atoms with Crippen LogP contribution in [0.4, 0.5) is 8.78 Å². The van der Waals surface area contributed by atoms with Crippen molar-refractivity contribution < 1.29 is 8.78 Å². The number of hydrogen-bond acceptors (Lipinski definition) is 0. The Morgan fingerprint density at radius 1 is 0.923 bits per heavy atom. The summed E-state index contributed by atoms with van der Waals surface area (Å²) in [6.07, 6.45) is 0. The standard InChI is InChI=1S/C7H6F2.C4H10/c1-5-2-6(8)4-7(9)3-5;1-4(2)3/h2-4H,1H3;4H,1-3H3. The average Bonchev–Trinajstić information content (AvgIpc) is 1.80. The van der Waals surface area contributed by atoms with E-state index < -0.39 is 11.6 Å². The number of aryl methyl sites for hydroxylation is 1. The predicted molar refractivity (Wildman–Crippen MR) is 51.6 cm³/mol. The van der Waals surface area contributed by atoms with Gasteiger partial charge in [0.15, 0.2) is 0 Å². The minimum atomic E-state index is -0.521. The van der Waals surface area contributed by atoms with Crippen LogP contribution in [0.5, 0.6) is 0 Å². The van der Waals surface area contributed by atoms with Crippen molar-refractivity contribution in [3.05, 3.63) is 35.4 Å². The summed E-state index contributed by atoms with van der Waals surface area (Å²) in [6, 6.07) is 3.42. The maximum absolute atomic E-state index is 12.2. The molecule has 0 aliphatic heterocycles. The lowest BCUT2D eigenvalue weighted by molar-refractivity contribution is 0.581. The summed E-state index contributed by atoms with van der Waals surface area (Å²) in [5.74, 6) is -0.208. The van der Waals surface area contributed by atoms with E-state index in [1.165, 1.54) is 12.1 Å².